The second kappa shape index (κ2) is 5.41. The zero-order chi connectivity index (χ0) is 17.6. The Hall–Kier alpha value is -3.74. The van der Waals surface area contributed by atoms with Crippen molar-refractivity contribution < 1.29 is 18.8 Å². The number of primary amides is 1. The van der Waals surface area contributed by atoms with Gasteiger partial charge in [0.25, 0.3) is 11.8 Å². The van der Waals surface area contributed by atoms with Crippen LogP contribution in [0.25, 0.3) is 11.5 Å². The number of carbonyl (C=O) groups is 3. The number of rotatable bonds is 3. The smallest absolute Gasteiger partial charge is 0.266 e. The lowest BCUT2D eigenvalue weighted by Crippen LogP contribution is -2.29. The molecule has 0 spiro atoms. The van der Waals surface area contributed by atoms with Crippen molar-refractivity contribution in [3.8, 4) is 11.5 Å². The lowest BCUT2D eigenvalue weighted by Gasteiger charge is -2.14. The van der Waals surface area contributed by atoms with Gasteiger partial charge >= 0.3 is 0 Å². The number of aromatic nitrogens is 1. The summed E-state index contributed by atoms with van der Waals surface area (Å²) in [5.41, 5.74) is 6.65. The molecule has 25 heavy (non-hydrogen) atoms. The maximum absolute atomic E-state index is 12.7. The van der Waals surface area contributed by atoms with Gasteiger partial charge in [0.15, 0.2) is 0 Å². The van der Waals surface area contributed by atoms with Crippen molar-refractivity contribution >= 4 is 23.4 Å². The van der Waals surface area contributed by atoms with Gasteiger partial charge in [0.2, 0.25) is 11.8 Å². The highest BCUT2D eigenvalue weighted by atomic mass is 16.3. The van der Waals surface area contributed by atoms with Crippen LogP contribution in [0.3, 0.4) is 0 Å². The standard InChI is InChI=1S/C18H11N3O4/c19-15(22)12-2-1-3-13-14(12)18(24)21(17(13)23)11-6-4-10(5-7-11)16-20-8-9-25-16/h1-9H,(H2,19,22). The summed E-state index contributed by atoms with van der Waals surface area (Å²) < 4.78 is 5.21. The Morgan fingerprint density at radius 1 is 1.04 bits per heavy atom. The van der Waals surface area contributed by atoms with Gasteiger partial charge in [-0.1, -0.05) is 6.07 Å². The molecule has 0 aliphatic carbocycles. The molecule has 0 saturated heterocycles. The molecule has 3 amide bonds. The first-order valence-corrected chi connectivity index (χ1v) is 7.39. The predicted octanol–water partition coefficient (Wildman–Crippen LogP) is 2.24. The van der Waals surface area contributed by atoms with Gasteiger partial charge in [0, 0.05) is 5.56 Å². The Balaban J connectivity index is 1.75. The van der Waals surface area contributed by atoms with E-state index in [1.807, 2.05) is 0 Å². The molecule has 0 saturated carbocycles. The van der Waals surface area contributed by atoms with E-state index in [1.54, 1.807) is 24.3 Å². The molecule has 0 unspecified atom stereocenters. The number of hydrogen-bond acceptors (Lipinski definition) is 5. The summed E-state index contributed by atoms with van der Waals surface area (Å²) in [7, 11) is 0. The second-order valence-corrected chi connectivity index (χ2v) is 5.42. The van der Waals surface area contributed by atoms with Crippen LogP contribution in [0.4, 0.5) is 5.69 Å². The maximum atomic E-state index is 12.7. The molecular weight excluding hydrogens is 322 g/mol. The SMILES string of the molecule is NC(=O)c1cccc2c1C(=O)N(c1ccc(-c3ncco3)cc1)C2=O. The van der Waals surface area contributed by atoms with E-state index < -0.39 is 17.7 Å². The highest BCUT2D eigenvalue weighted by molar-refractivity contribution is 6.36. The molecule has 7 heteroatoms. The summed E-state index contributed by atoms with van der Waals surface area (Å²) in [6.07, 6.45) is 2.98. The fourth-order valence-corrected chi connectivity index (χ4v) is 2.84. The summed E-state index contributed by atoms with van der Waals surface area (Å²) in [6.45, 7) is 0. The minimum atomic E-state index is -0.751. The Kier molecular flexibility index (Phi) is 3.21. The van der Waals surface area contributed by atoms with E-state index in [4.69, 9.17) is 10.2 Å². The van der Waals surface area contributed by atoms with Crippen LogP contribution in [0, 0.1) is 0 Å². The topological polar surface area (TPSA) is 106 Å². The molecule has 0 atom stereocenters. The van der Waals surface area contributed by atoms with E-state index in [-0.39, 0.29) is 16.7 Å². The lowest BCUT2D eigenvalue weighted by atomic mass is 10.0. The Morgan fingerprint density at radius 3 is 2.44 bits per heavy atom. The first-order chi connectivity index (χ1) is 12.1. The number of imide groups is 1. The highest BCUT2D eigenvalue weighted by Crippen LogP contribution is 2.31. The first-order valence-electron chi connectivity index (χ1n) is 7.39. The van der Waals surface area contributed by atoms with Crippen LogP contribution in [-0.4, -0.2) is 22.7 Å². The fraction of sp³-hybridized carbons (Fsp3) is 0. The molecule has 0 bridgehead atoms. The van der Waals surface area contributed by atoms with Crippen molar-refractivity contribution in [3.05, 3.63) is 71.6 Å². The summed E-state index contributed by atoms with van der Waals surface area (Å²) in [5.74, 6) is -1.38. The predicted molar refractivity (Wildman–Crippen MR) is 88.0 cm³/mol. The first kappa shape index (κ1) is 14.8. The van der Waals surface area contributed by atoms with Crippen molar-refractivity contribution in [3.63, 3.8) is 0 Å². The quantitative estimate of drug-likeness (QED) is 0.740. The Labute approximate surface area is 141 Å². The summed E-state index contributed by atoms with van der Waals surface area (Å²) in [4.78, 5) is 42.0. The number of amides is 3. The third kappa shape index (κ3) is 2.21. The van der Waals surface area contributed by atoms with Gasteiger partial charge in [-0.15, -0.1) is 0 Å². The van der Waals surface area contributed by atoms with Crippen molar-refractivity contribution in [2.75, 3.05) is 4.90 Å². The average molecular weight is 333 g/mol. The number of anilines is 1. The van der Waals surface area contributed by atoms with E-state index in [0.29, 0.717) is 17.1 Å². The van der Waals surface area contributed by atoms with Gasteiger partial charge in [-0.25, -0.2) is 9.88 Å². The normalized spacial score (nSPS) is 13.2. The molecule has 122 valence electrons. The molecule has 2 aromatic carbocycles. The number of oxazole rings is 1. The van der Waals surface area contributed by atoms with Gasteiger partial charge in [-0.3, -0.25) is 14.4 Å². The molecule has 0 radical (unpaired) electrons. The summed E-state index contributed by atoms with van der Waals surface area (Å²) >= 11 is 0. The van der Waals surface area contributed by atoms with Crippen LogP contribution < -0.4 is 10.6 Å². The lowest BCUT2D eigenvalue weighted by molar-refractivity contribution is 0.0918. The van der Waals surface area contributed by atoms with Gasteiger partial charge in [-0.2, -0.15) is 0 Å². The van der Waals surface area contributed by atoms with E-state index in [2.05, 4.69) is 4.98 Å². The van der Waals surface area contributed by atoms with Crippen LogP contribution in [0.1, 0.15) is 31.1 Å². The van der Waals surface area contributed by atoms with Gasteiger partial charge in [0.05, 0.1) is 28.6 Å². The van der Waals surface area contributed by atoms with Crippen molar-refractivity contribution in [2.24, 2.45) is 5.73 Å². The second-order valence-electron chi connectivity index (χ2n) is 5.42. The van der Waals surface area contributed by atoms with Gasteiger partial charge in [-0.05, 0) is 36.4 Å². The molecule has 3 aromatic rings. The van der Waals surface area contributed by atoms with Crippen LogP contribution in [0.15, 0.2) is 59.3 Å². The molecule has 1 aliphatic rings. The fourth-order valence-electron chi connectivity index (χ4n) is 2.84. The summed E-state index contributed by atoms with van der Waals surface area (Å²) in [5, 5.41) is 0. The molecule has 2 heterocycles. The van der Waals surface area contributed by atoms with E-state index >= 15 is 0 Å². The monoisotopic (exact) mass is 333 g/mol. The van der Waals surface area contributed by atoms with Crippen molar-refractivity contribution in [1.82, 2.24) is 4.98 Å². The molecule has 7 nitrogen and oxygen atoms in total. The minimum absolute atomic E-state index is 0.0368. The Morgan fingerprint density at radius 2 is 1.80 bits per heavy atom. The molecule has 4 rings (SSSR count). The van der Waals surface area contributed by atoms with Crippen LogP contribution in [0.2, 0.25) is 0 Å². The van der Waals surface area contributed by atoms with Crippen LogP contribution in [-0.2, 0) is 0 Å². The molecule has 1 aliphatic heterocycles. The zero-order valence-electron chi connectivity index (χ0n) is 12.8. The number of benzene rings is 2. The van der Waals surface area contributed by atoms with E-state index in [0.717, 1.165) is 4.90 Å². The van der Waals surface area contributed by atoms with Crippen molar-refractivity contribution in [2.45, 2.75) is 0 Å². The van der Waals surface area contributed by atoms with Crippen LogP contribution in [0.5, 0.6) is 0 Å². The number of carbonyl (C=O) groups excluding carboxylic acids is 3. The Bertz CT molecular complexity index is 1010. The number of hydrogen-bond donors (Lipinski definition) is 1. The minimum Gasteiger partial charge on any atom is -0.445 e. The highest BCUT2D eigenvalue weighted by Gasteiger charge is 2.39. The number of nitrogens with zero attached hydrogens (tertiary/aromatic N) is 2. The van der Waals surface area contributed by atoms with Crippen molar-refractivity contribution in [1.29, 1.82) is 0 Å². The van der Waals surface area contributed by atoms with E-state index in [1.165, 1.54) is 30.7 Å². The van der Waals surface area contributed by atoms with Gasteiger partial charge < -0.3 is 10.2 Å². The van der Waals surface area contributed by atoms with Gasteiger partial charge in [0.1, 0.15) is 6.26 Å². The maximum Gasteiger partial charge on any atom is 0.266 e. The third-order valence-electron chi connectivity index (χ3n) is 3.99. The van der Waals surface area contributed by atoms with Crippen LogP contribution >= 0.6 is 0 Å². The average Bonchev–Trinajstić information content (AvgIpc) is 3.23. The number of fused-ring (bicyclic) bond motifs is 1. The van der Waals surface area contributed by atoms with E-state index in [9.17, 15) is 14.4 Å². The molecule has 0 fully saturated rings. The largest absolute Gasteiger partial charge is 0.445 e. The zero-order valence-corrected chi connectivity index (χ0v) is 12.8. The summed E-state index contributed by atoms with van der Waals surface area (Å²) in [6, 6.07) is 11.1. The number of nitrogens with two attached hydrogens (primary N) is 1. The third-order valence-corrected chi connectivity index (χ3v) is 3.99. The molecular formula is C18H11N3O4. The molecule has 1 aromatic heterocycles. The molecule has 2 N–H and O–H groups in total.